The van der Waals surface area contributed by atoms with E-state index >= 15 is 0 Å². The second kappa shape index (κ2) is 11.2. The molecule has 24 heavy (non-hydrogen) atoms. The number of hydrogen-bond donors (Lipinski definition) is 2. The molecule has 0 radical (unpaired) electrons. The van der Waals surface area contributed by atoms with Gasteiger partial charge >= 0.3 is 5.97 Å². The molecule has 2 N–H and O–H groups in total. The highest BCUT2D eigenvalue weighted by Crippen LogP contribution is 2.20. The van der Waals surface area contributed by atoms with Crippen molar-refractivity contribution in [3.63, 3.8) is 0 Å². The summed E-state index contributed by atoms with van der Waals surface area (Å²) < 4.78 is 9.60. The van der Waals surface area contributed by atoms with Crippen molar-refractivity contribution >= 4 is 52.4 Å². The van der Waals surface area contributed by atoms with Crippen LogP contribution in [-0.4, -0.2) is 37.3 Å². The molecule has 0 spiro atoms. The molecule has 0 aliphatic carbocycles. The fourth-order valence-electron chi connectivity index (χ4n) is 1.60. The summed E-state index contributed by atoms with van der Waals surface area (Å²) in [4.78, 5) is 23.0. The molecular formula is C15H18Cl2N2O4S. The van der Waals surface area contributed by atoms with Crippen LogP contribution in [-0.2, 0) is 25.6 Å². The minimum Gasteiger partial charge on any atom is -0.463 e. The fraction of sp³-hybridized carbons (Fsp3) is 0.400. The molecule has 0 aromatic heterocycles. The predicted octanol–water partition coefficient (Wildman–Crippen LogP) is 2.45. The molecule has 0 saturated heterocycles. The van der Waals surface area contributed by atoms with Gasteiger partial charge < -0.3 is 20.1 Å². The van der Waals surface area contributed by atoms with Crippen LogP contribution in [0, 0.1) is 0 Å². The maximum Gasteiger partial charge on any atom is 0.306 e. The summed E-state index contributed by atoms with van der Waals surface area (Å²) in [5.41, 5.74) is 0.791. The second-order valence-electron chi connectivity index (χ2n) is 4.68. The van der Waals surface area contributed by atoms with Gasteiger partial charge in [-0.15, -0.1) is 0 Å². The highest BCUT2D eigenvalue weighted by molar-refractivity contribution is 7.80. The number of carbonyl (C=O) groups excluding carboxylic acids is 2. The molecule has 0 fully saturated rings. The third-order valence-corrected chi connectivity index (χ3v) is 3.65. The average Bonchev–Trinajstić information content (AvgIpc) is 2.52. The Morgan fingerprint density at radius 2 is 1.96 bits per heavy atom. The summed E-state index contributed by atoms with van der Waals surface area (Å²) in [5, 5.41) is 6.54. The third-order valence-electron chi connectivity index (χ3n) is 2.81. The molecule has 1 aromatic carbocycles. The van der Waals surface area contributed by atoms with Crippen molar-refractivity contribution in [3.8, 4) is 0 Å². The topological polar surface area (TPSA) is 76.7 Å². The normalized spacial score (nSPS) is 10.1. The Hall–Kier alpha value is -1.41. The van der Waals surface area contributed by atoms with E-state index in [0.29, 0.717) is 23.2 Å². The SMILES string of the molecule is COCCOC(=O)CCC(=O)NC(=S)NCc1ccc(Cl)cc1Cl. The van der Waals surface area contributed by atoms with Gasteiger partial charge in [0.1, 0.15) is 6.61 Å². The molecule has 6 nitrogen and oxygen atoms in total. The number of halogens is 2. The largest absolute Gasteiger partial charge is 0.463 e. The number of benzene rings is 1. The summed E-state index contributed by atoms with van der Waals surface area (Å²) in [6.45, 7) is 0.826. The maximum absolute atomic E-state index is 11.7. The molecule has 0 bridgehead atoms. The van der Waals surface area contributed by atoms with E-state index in [1.54, 1.807) is 18.2 Å². The van der Waals surface area contributed by atoms with Gasteiger partial charge in [0.2, 0.25) is 5.91 Å². The zero-order valence-corrected chi connectivity index (χ0v) is 15.4. The van der Waals surface area contributed by atoms with Crippen LogP contribution >= 0.6 is 35.4 Å². The van der Waals surface area contributed by atoms with Crippen molar-refractivity contribution in [3.05, 3.63) is 33.8 Å². The van der Waals surface area contributed by atoms with Crippen molar-refractivity contribution in [2.24, 2.45) is 0 Å². The molecule has 132 valence electrons. The number of rotatable bonds is 8. The van der Waals surface area contributed by atoms with E-state index < -0.39 is 5.97 Å². The van der Waals surface area contributed by atoms with Gasteiger partial charge in [-0.25, -0.2) is 0 Å². The van der Waals surface area contributed by atoms with Crippen LogP contribution in [0.2, 0.25) is 10.0 Å². The first-order valence-electron chi connectivity index (χ1n) is 7.08. The van der Waals surface area contributed by atoms with E-state index in [1.807, 2.05) is 0 Å². The Morgan fingerprint density at radius 3 is 2.62 bits per heavy atom. The standard InChI is InChI=1S/C15H18Cl2N2O4S/c1-22-6-7-23-14(21)5-4-13(20)19-15(24)18-9-10-2-3-11(16)8-12(10)17/h2-3,8H,4-7,9H2,1H3,(H2,18,19,20,24). The number of ether oxygens (including phenoxy) is 2. The minimum absolute atomic E-state index is 0.0185. The van der Waals surface area contributed by atoms with Crippen molar-refractivity contribution in [2.75, 3.05) is 20.3 Å². The van der Waals surface area contributed by atoms with Gasteiger partial charge in [0.25, 0.3) is 0 Å². The van der Waals surface area contributed by atoms with Crippen LogP contribution in [0.25, 0.3) is 0 Å². The highest BCUT2D eigenvalue weighted by Gasteiger charge is 2.10. The number of hydrogen-bond acceptors (Lipinski definition) is 5. The molecule has 0 saturated carbocycles. The quantitative estimate of drug-likeness (QED) is 0.402. The number of amides is 1. The number of thiocarbonyl (C=S) groups is 1. The number of methoxy groups -OCH3 is 1. The molecule has 1 aromatic rings. The number of esters is 1. The van der Waals surface area contributed by atoms with Crippen LogP contribution in [0.15, 0.2) is 18.2 Å². The highest BCUT2D eigenvalue weighted by atomic mass is 35.5. The Bertz CT molecular complexity index is 599. The lowest BCUT2D eigenvalue weighted by Gasteiger charge is -2.10. The van der Waals surface area contributed by atoms with Crippen molar-refractivity contribution < 1.29 is 19.1 Å². The Balaban J connectivity index is 2.26. The zero-order valence-electron chi connectivity index (χ0n) is 13.1. The van der Waals surface area contributed by atoms with Gasteiger partial charge in [0.05, 0.1) is 13.0 Å². The molecule has 1 rings (SSSR count). The Kier molecular flexibility index (Phi) is 9.63. The fourth-order valence-corrected chi connectivity index (χ4v) is 2.26. The minimum atomic E-state index is -0.464. The first kappa shape index (κ1) is 20.6. The van der Waals surface area contributed by atoms with E-state index in [9.17, 15) is 9.59 Å². The van der Waals surface area contributed by atoms with Gasteiger partial charge in [0, 0.05) is 30.1 Å². The van der Waals surface area contributed by atoms with E-state index in [0.717, 1.165) is 5.56 Å². The molecule has 9 heteroatoms. The third kappa shape index (κ3) is 8.44. The first-order valence-corrected chi connectivity index (χ1v) is 8.25. The second-order valence-corrected chi connectivity index (χ2v) is 5.93. The van der Waals surface area contributed by atoms with Crippen LogP contribution in [0.1, 0.15) is 18.4 Å². The monoisotopic (exact) mass is 392 g/mol. The summed E-state index contributed by atoms with van der Waals surface area (Å²) in [5.74, 6) is -0.840. The summed E-state index contributed by atoms with van der Waals surface area (Å²) in [6.07, 6.45) is -0.0451. The first-order chi connectivity index (χ1) is 11.4. The van der Waals surface area contributed by atoms with Gasteiger partial charge in [0.15, 0.2) is 5.11 Å². The maximum atomic E-state index is 11.7. The Labute approximate surface area is 155 Å². The number of carbonyl (C=O) groups is 2. The van der Waals surface area contributed by atoms with Crippen molar-refractivity contribution in [1.82, 2.24) is 10.6 Å². The van der Waals surface area contributed by atoms with E-state index in [4.69, 9.17) is 44.9 Å². The lowest BCUT2D eigenvalue weighted by Crippen LogP contribution is -2.39. The lowest BCUT2D eigenvalue weighted by molar-refractivity contribution is -0.146. The number of nitrogens with one attached hydrogen (secondary N) is 2. The lowest BCUT2D eigenvalue weighted by atomic mass is 10.2. The Morgan fingerprint density at radius 1 is 1.21 bits per heavy atom. The van der Waals surface area contributed by atoms with Crippen LogP contribution in [0.3, 0.4) is 0 Å². The van der Waals surface area contributed by atoms with Gasteiger partial charge in [-0.1, -0.05) is 29.3 Å². The smallest absolute Gasteiger partial charge is 0.306 e. The molecule has 0 unspecified atom stereocenters. The van der Waals surface area contributed by atoms with E-state index in [1.165, 1.54) is 7.11 Å². The summed E-state index contributed by atoms with van der Waals surface area (Å²) in [7, 11) is 1.51. The summed E-state index contributed by atoms with van der Waals surface area (Å²) >= 11 is 16.9. The average molecular weight is 393 g/mol. The molecular weight excluding hydrogens is 375 g/mol. The zero-order chi connectivity index (χ0) is 17.9. The molecule has 1 amide bonds. The molecule has 0 heterocycles. The van der Waals surface area contributed by atoms with Crippen LogP contribution < -0.4 is 10.6 Å². The summed E-state index contributed by atoms with van der Waals surface area (Å²) in [6, 6.07) is 5.09. The van der Waals surface area contributed by atoms with E-state index in [2.05, 4.69) is 10.6 Å². The van der Waals surface area contributed by atoms with Crippen LogP contribution in [0.5, 0.6) is 0 Å². The van der Waals surface area contributed by atoms with Crippen molar-refractivity contribution in [1.29, 1.82) is 0 Å². The molecule has 0 aliphatic rings. The van der Waals surface area contributed by atoms with E-state index in [-0.39, 0.29) is 30.5 Å². The van der Waals surface area contributed by atoms with Crippen molar-refractivity contribution in [2.45, 2.75) is 19.4 Å². The molecule has 0 aliphatic heterocycles. The van der Waals surface area contributed by atoms with Gasteiger partial charge in [-0.05, 0) is 29.9 Å². The predicted molar refractivity (Wildman–Crippen MR) is 96.1 cm³/mol. The van der Waals surface area contributed by atoms with Gasteiger partial charge in [-0.3, -0.25) is 9.59 Å². The molecule has 0 atom stereocenters. The van der Waals surface area contributed by atoms with Gasteiger partial charge in [-0.2, -0.15) is 0 Å². The van der Waals surface area contributed by atoms with Crippen LogP contribution in [0.4, 0.5) is 0 Å².